The minimum Gasteiger partial charge on any atom is -0.387 e. The van der Waals surface area contributed by atoms with Crippen LogP contribution in [0.2, 0.25) is 0 Å². The molecule has 0 saturated heterocycles. The summed E-state index contributed by atoms with van der Waals surface area (Å²) in [5.41, 5.74) is 2.98. The zero-order valence-corrected chi connectivity index (χ0v) is 16.1. The van der Waals surface area contributed by atoms with Gasteiger partial charge < -0.3 is 10.2 Å². The number of carbonyl (C=O) groups excluding carboxylic acids is 1. The van der Waals surface area contributed by atoms with Gasteiger partial charge in [0.2, 0.25) is 10.0 Å². The number of nitrogens with one attached hydrogen (secondary N) is 1. The second-order valence-electron chi connectivity index (χ2n) is 6.77. The third-order valence-corrected chi connectivity index (χ3v) is 6.70. The number of hydrogen-bond donors (Lipinski definition) is 1. The van der Waals surface area contributed by atoms with Crippen LogP contribution < -0.4 is 9.62 Å². The second-order valence-corrected chi connectivity index (χ2v) is 8.78. The van der Waals surface area contributed by atoms with Gasteiger partial charge >= 0.3 is 0 Å². The Kier molecular flexibility index (Phi) is 5.04. The van der Waals surface area contributed by atoms with Crippen LogP contribution in [0.25, 0.3) is 0 Å². The van der Waals surface area contributed by atoms with E-state index in [1.54, 1.807) is 0 Å². The SMILES string of the molecule is O=C(NCCS(=O)(=O)N1CCc2ccccc21)C1=NOC(c2ccccc2)C1. The van der Waals surface area contributed by atoms with Crippen molar-refractivity contribution in [3.05, 3.63) is 65.7 Å². The zero-order valence-electron chi connectivity index (χ0n) is 15.2. The minimum atomic E-state index is -3.50. The lowest BCUT2D eigenvalue weighted by Gasteiger charge is -2.19. The smallest absolute Gasteiger partial charge is 0.269 e. The fourth-order valence-electron chi connectivity index (χ4n) is 3.46. The third kappa shape index (κ3) is 3.73. The van der Waals surface area contributed by atoms with Crippen molar-refractivity contribution < 1.29 is 18.0 Å². The highest BCUT2D eigenvalue weighted by Crippen LogP contribution is 2.30. The number of carbonyl (C=O) groups is 1. The van der Waals surface area contributed by atoms with Crippen LogP contribution >= 0.6 is 0 Å². The topological polar surface area (TPSA) is 88.1 Å². The average molecular weight is 399 g/mol. The number of amides is 1. The molecule has 0 aromatic heterocycles. The van der Waals surface area contributed by atoms with E-state index >= 15 is 0 Å². The van der Waals surface area contributed by atoms with Crippen LogP contribution in [0.3, 0.4) is 0 Å². The average Bonchev–Trinajstić information content (AvgIpc) is 3.36. The van der Waals surface area contributed by atoms with E-state index in [4.69, 9.17) is 4.84 Å². The lowest BCUT2D eigenvalue weighted by Crippen LogP contribution is -2.38. The molecule has 0 radical (unpaired) electrons. The van der Waals surface area contributed by atoms with E-state index < -0.39 is 15.9 Å². The quantitative estimate of drug-likeness (QED) is 0.805. The predicted molar refractivity (Wildman–Crippen MR) is 107 cm³/mol. The Morgan fingerprint density at radius 1 is 1.14 bits per heavy atom. The molecule has 0 fully saturated rings. The number of rotatable bonds is 6. The summed E-state index contributed by atoms with van der Waals surface area (Å²) in [5.74, 6) is -0.556. The Balaban J connectivity index is 1.30. The predicted octanol–water partition coefficient (Wildman–Crippen LogP) is 2.01. The second kappa shape index (κ2) is 7.63. The van der Waals surface area contributed by atoms with Gasteiger partial charge in [-0.05, 0) is 23.6 Å². The number of oxime groups is 1. The lowest BCUT2D eigenvalue weighted by molar-refractivity contribution is -0.114. The van der Waals surface area contributed by atoms with Gasteiger partial charge in [0.1, 0.15) is 5.71 Å². The fraction of sp³-hybridized carbons (Fsp3) is 0.300. The van der Waals surface area contributed by atoms with Gasteiger partial charge in [-0.2, -0.15) is 0 Å². The van der Waals surface area contributed by atoms with Gasteiger partial charge in [-0.3, -0.25) is 9.10 Å². The van der Waals surface area contributed by atoms with E-state index in [9.17, 15) is 13.2 Å². The summed E-state index contributed by atoms with van der Waals surface area (Å²) in [6.45, 7) is 0.462. The number of sulfonamides is 1. The summed E-state index contributed by atoms with van der Waals surface area (Å²) in [7, 11) is -3.50. The van der Waals surface area contributed by atoms with Gasteiger partial charge in [0.25, 0.3) is 5.91 Å². The number of para-hydroxylation sites is 1. The molecule has 2 aromatic rings. The first-order chi connectivity index (χ1) is 13.5. The molecule has 0 saturated carbocycles. The molecule has 7 nitrogen and oxygen atoms in total. The molecule has 8 heteroatoms. The summed E-state index contributed by atoms with van der Waals surface area (Å²) in [4.78, 5) is 17.6. The molecule has 1 amide bonds. The standard InChI is InChI=1S/C20H21N3O4S/c24-20(17-14-19(27-22-17)16-7-2-1-3-8-16)21-11-13-28(25,26)23-12-10-15-6-4-5-9-18(15)23/h1-9,19H,10-14H2,(H,21,24). The summed E-state index contributed by atoms with van der Waals surface area (Å²) in [6.07, 6.45) is 0.783. The Hall–Kier alpha value is -2.87. The van der Waals surface area contributed by atoms with Crippen LogP contribution in [-0.2, 0) is 26.1 Å². The van der Waals surface area contributed by atoms with Gasteiger partial charge in [0, 0.05) is 19.5 Å². The molecule has 0 aliphatic carbocycles. The van der Waals surface area contributed by atoms with Crippen molar-refractivity contribution in [3.63, 3.8) is 0 Å². The number of nitrogens with zero attached hydrogens (tertiary/aromatic N) is 2. The Bertz CT molecular complexity index is 1010. The molecule has 0 spiro atoms. The van der Waals surface area contributed by atoms with Crippen LogP contribution in [0.1, 0.15) is 23.7 Å². The first-order valence-electron chi connectivity index (χ1n) is 9.19. The first-order valence-corrected chi connectivity index (χ1v) is 10.8. The zero-order chi connectivity index (χ0) is 19.6. The Morgan fingerprint density at radius 2 is 1.89 bits per heavy atom. The van der Waals surface area contributed by atoms with E-state index in [1.807, 2.05) is 54.6 Å². The van der Waals surface area contributed by atoms with Crippen molar-refractivity contribution in [2.24, 2.45) is 5.16 Å². The van der Waals surface area contributed by atoms with Crippen molar-refractivity contribution in [1.82, 2.24) is 5.32 Å². The molecule has 1 N–H and O–H groups in total. The lowest BCUT2D eigenvalue weighted by atomic mass is 10.0. The van der Waals surface area contributed by atoms with Crippen LogP contribution in [0.5, 0.6) is 0 Å². The van der Waals surface area contributed by atoms with Crippen molar-refractivity contribution in [2.75, 3.05) is 23.1 Å². The summed E-state index contributed by atoms with van der Waals surface area (Å²) < 4.78 is 26.7. The Morgan fingerprint density at radius 3 is 2.71 bits per heavy atom. The van der Waals surface area contributed by atoms with Crippen LogP contribution in [0.15, 0.2) is 59.8 Å². The third-order valence-electron chi connectivity index (χ3n) is 4.93. The van der Waals surface area contributed by atoms with E-state index in [0.29, 0.717) is 19.4 Å². The van der Waals surface area contributed by atoms with Crippen molar-refractivity contribution in [2.45, 2.75) is 18.9 Å². The first kappa shape index (κ1) is 18.5. The molecular weight excluding hydrogens is 378 g/mol. The molecular formula is C20H21N3O4S. The monoisotopic (exact) mass is 399 g/mol. The maximum atomic E-state index is 12.7. The maximum Gasteiger partial charge on any atom is 0.269 e. The van der Waals surface area contributed by atoms with Crippen LogP contribution in [0, 0.1) is 0 Å². The minimum absolute atomic E-state index is 0.0227. The molecule has 28 heavy (non-hydrogen) atoms. The van der Waals surface area contributed by atoms with Gasteiger partial charge in [0.15, 0.2) is 6.10 Å². The van der Waals surface area contributed by atoms with Crippen LogP contribution in [-0.4, -0.2) is 38.9 Å². The molecule has 0 bridgehead atoms. The van der Waals surface area contributed by atoms with Crippen molar-refractivity contribution in [1.29, 1.82) is 0 Å². The number of benzene rings is 2. The number of fused-ring (bicyclic) bond motifs is 1. The van der Waals surface area contributed by atoms with Gasteiger partial charge in [-0.15, -0.1) is 0 Å². The van der Waals surface area contributed by atoms with Gasteiger partial charge in [-0.25, -0.2) is 8.42 Å². The highest BCUT2D eigenvalue weighted by atomic mass is 32.2. The number of anilines is 1. The molecule has 2 aliphatic rings. The molecule has 4 rings (SSSR count). The molecule has 1 atom stereocenters. The van der Waals surface area contributed by atoms with E-state index in [-0.39, 0.29) is 24.1 Å². The van der Waals surface area contributed by atoms with Crippen molar-refractivity contribution >= 4 is 27.3 Å². The molecule has 1 unspecified atom stereocenters. The van der Waals surface area contributed by atoms with Crippen molar-refractivity contribution in [3.8, 4) is 0 Å². The molecule has 2 aromatic carbocycles. The molecule has 146 valence electrons. The largest absolute Gasteiger partial charge is 0.387 e. The summed E-state index contributed by atoms with van der Waals surface area (Å²) >= 11 is 0. The fourth-order valence-corrected chi connectivity index (χ4v) is 4.89. The normalized spacial score (nSPS) is 18.4. The van der Waals surface area contributed by atoms with Gasteiger partial charge in [0.05, 0.1) is 11.4 Å². The van der Waals surface area contributed by atoms with E-state index in [2.05, 4.69) is 10.5 Å². The summed E-state index contributed by atoms with van der Waals surface area (Å²) in [6, 6.07) is 17.0. The van der Waals surface area contributed by atoms with Gasteiger partial charge in [-0.1, -0.05) is 53.7 Å². The highest BCUT2D eigenvalue weighted by molar-refractivity contribution is 7.92. The van der Waals surface area contributed by atoms with E-state index in [1.165, 1.54) is 4.31 Å². The highest BCUT2D eigenvalue weighted by Gasteiger charge is 2.30. The molecule has 2 heterocycles. The number of hydrogen-bond acceptors (Lipinski definition) is 5. The van der Waals surface area contributed by atoms with E-state index in [0.717, 1.165) is 16.8 Å². The maximum absolute atomic E-state index is 12.7. The Labute approximate surface area is 164 Å². The molecule has 2 aliphatic heterocycles. The van der Waals surface area contributed by atoms with Crippen LogP contribution in [0.4, 0.5) is 5.69 Å². The summed E-state index contributed by atoms with van der Waals surface area (Å²) in [5, 5.41) is 6.51.